The molecule has 0 radical (unpaired) electrons. The van der Waals surface area contributed by atoms with Gasteiger partial charge in [-0.2, -0.15) is 0 Å². The summed E-state index contributed by atoms with van der Waals surface area (Å²) in [6, 6.07) is 18.0. The van der Waals surface area contributed by atoms with Crippen molar-refractivity contribution >= 4 is 29.0 Å². The van der Waals surface area contributed by atoms with Crippen LogP contribution < -0.4 is 10.2 Å². The summed E-state index contributed by atoms with van der Waals surface area (Å²) in [6.07, 6.45) is 0. The van der Waals surface area contributed by atoms with Crippen molar-refractivity contribution in [2.24, 2.45) is 0 Å². The number of esters is 1. The molecule has 2 aromatic rings. The summed E-state index contributed by atoms with van der Waals surface area (Å²) in [4.78, 5) is 38.8. The standard InChI is InChI=1S/C22H22N2O5/c1-15(2)24(17-11-7-4-8-12-17)19(26)14-29-22(27)20-18(25)13-28-21(20)23-16-9-5-3-6-10-16/h3-12,15,23H,13-14H2,1-2H3. The number of anilines is 2. The molecule has 1 N–H and O–H groups in total. The van der Waals surface area contributed by atoms with E-state index in [2.05, 4.69) is 5.32 Å². The largest absolute Gasteiger partial charge is 0.470 e. The van der Waals surface area contributed by atoms with E-state index in [1.54, 1.807) is 36.4 Å². The second kappa shape index (κ2) is 9.05. The van der Waals surface area contributed by atoms with Crippen LogP contribution in [0.2, 0.25) is 0 Å². The summed E-state index contributed by atoms with van der Waals surface area (Å²) in [5, 5.41) is 2.90. The molecule has 0 atom stereocenters. The van der Waals surface area contributed by atoms with Gasteiger partial charge in [0.25, 0.3) is 5.91 Å². The van der Waals surface area contributed by atoms with Gasteiger partial charge >= 0.3 is 5.97 Å². The fourth-order valence-corrected chi connectivity index (χ4v) is 2.95. The van der Waals surface area contributed by atoms with Crippen LogP contribution in [0.15, 0.2) is 72.1 Å². The quantitative estimate of drug-likeness (QED) is 0.574. The number of hydrogen-bond acceptors (Lipinski definition) is 6. The summed E-state index contributed by atoms with van der Waals surface area (Å²) in [5.74, 6) is -1.74. The summed E-state index contributed by atoms with van der Waals surface area (Å²) in [5.41, 5.74) is 1.14. The van der Waals surface area contributed by atoms with Gasteiger partial charge in [0.1, 0.15) is 0 Å². The minimum atomic E-state index is -0.893. The van der Waals surface area contributed by atoms with E-state index in [0.717, 1.165) is 0 Å². The first-order valence-corrected chi connectivity index (χ1v) is 9.24. The first-order chi connectivity index (χ1) is 14.0. The summed E-state index contributed by atoms with van der Waals surface area (Å²) in [6.45, 7) is 2.99. The topological polar surface area (TPSA) is 84.9 Å². The van der Waals surface area contributed by atoms with Crippen LogP contribution in [-0.4, -0.2) is 36.9 Å². The van der Waals surface area contributed by atoms with Crippen LogP contribution in [0.25, 0.3) is 0 Å². The molecule has 0 saturated heterocycles. The normalized spacial score (nSPS) is 13.3. The molecule has 2 aromatic carbocycles. The van der Waals surface area contributed by atoms with Crippen molar-refractivity contribution in [1.82, 2.24) is 0 Å². The van der Waals surface area contributed by atoms with Crippen molar-refractivity contribution < 1.29 is 23.9 Å². The predicted octanol–water partition coefficient (Wildman–Crippen LogP) is 2.89. The third-order valence-electron chi connectivity index (χ3n) is 4.24. The molecule has 0 spiro atoms. The molecule has 29 heavy (non-hydrogen) atoms. The molecule has 1 aliphatic heterocycles. The van der Waals surface area contributed by atoms with E-state index < -0.39 is 18.4 Å². The van der Waals surface area contributed by atoms with E-state index in [4.69, 9.17) is 9.47 Å². The molecule has 0 fully saturated rings. The highest BCUT2D eigenvalue weighted by atomic mass is 16.5. The Hall–Kier alpha value is -3.61. The minimum Gasteiger partial charge on any atom is -0.470 e. The van der Waals surface area contributed by atoms with Gasteiger partial charge in [0.15, 0.2) is 18.8 Å². The molecular weight excluding hydrogens is 372 g/mol. The van der Waals surface area contributed by atoms with Gasteiger partial charge in [-0.1, -0.05) is 36.4 Å². The average molecular weight is 394 g/mol. The molecule has 0 unspecified atom stereocenters. The summed E-state index contributed by atoms with van der Waals surface area (Å²) < 4.78 is 10.4. The van der Waals surface area contributed by atoms with Gasteiger partial charge in [-0.25, -0.2) is 4.79 Å². The maximum atomic E-state index is 12.7. The van der Waals surface area contributed by atoms with Gasteiger partial charge in [-0.05, 0) is 38.1 Å². The molecule has 7 nitrogen and oxygen atoms in total. The number of ether oxygens (including phenoxy) is 2. The van der Waals surface area contributed by atoms with Gasteiger partial charge in [-0.3, -0.25) is 9.59 Å². The van der Waals surface area contributed by atoms with E-state index in [1.165, 1.54) is 4.90 Å². The van der Waals surface area contributed by atoms with Crippen LogP contribution >= 0.6 is 0 Å². The average Bonchev–Trinajstić information content (AvgIpc) is 3.07. The zero-order chi connectivity index (χ0) is 20.8. The van der Waals surface area contributed by atoms with Crippen molar-refractivity contribution in [2.45, 2.75) is 19.9 Å². The van der Waals surface area contributed by atoms with Gasteiger partial charge in [0, 0.05) is 17.4 Å². The Morgan fingerprint density at radius 1 is 1.07 bits per heavy atom. The number of nitrogens with zero attached hydrogens (tertiary/aromatic N) is 1. The Balaban J connectivity index is 1.70. The number of Topliss-reactive ketones (excluding diaryl/α,β-unsaturated/α-hetero) is 1. The van der Waals surface area contributed by atoms with Crippen LogP contribution in [0.3, 0.4) is 0 Å². The van der Waals surface area contributed by atoms with Crippen LogP contribution in [0.4, 0.5) is 11.4 Å². The van der Waals surface area contributed by atoms with Crippen LogP contribution in [0, 0.1) is 0 Å². The third kappa shape index (κ3) is 4.82. The van der Waals surface area contributed by atoms with Crippen molar-refractivity contribution in [3.63, 3.8) is 0 Å². The Labute approximate surface area is 168 Å². The molecule has 1 heterocycles. The summed E-state index contributed by atoms with van der Waals surface area (Å²) >= 11 is 0. The lowest BCUT2D eigenvalue weighted by atomic mass is 10.2. The lowest BCUT2D eigenvalue weighted by molar-refractivity contribution is -0.145. The molecule has 7 heteroatoms. The number of ketones is 1. The first-order valence-electron chi connectivity index (χ1n) is 9.24. The first kappa shape index (κ1) is 20.1. The van der Waals surface area contributed by atoms with Gasteiger partial charge in [-0.15, -0.1) is 0 Å². The van der Waals surface area contributed by atoms with Crippen molar-refractivity contribution in [1.29, 1.82) is 0 Å². The van der Waals surface area contributed by atoms with Crippen molar-refractivity contribution in [2.75, 3.05) is 23.4 Å². The van der Waals surface area contributed by atoms with Gasteiger partial charge in [0.2, 0.25) is 11.7 Å². The number of carbonyl (C=O) groups is 3. The number of rotatable bonds is 7. The zero-order valence-corrected chi connectivity index (χ0v) is 16.3. The third-order valence-corrected chi connectivity index (χ3v) is 4.24. The Morgan fingerprint density at radius 3 is 2.31 bits per heavy atom. The minimum absolute atomic E-state index is 0.0300. The lowest BCUT2D eigenvalue weighted by Crippen LogP contribution is -2.40. The second-order valence-corrected chi connectivity index (χ2v) is 6.68. The van der Waals surface area contributed by atoms with Crippen LogP contribution in [0.1, 0.15) is 13.8 Å². The number of benzene rings is 2. The van der Waals surface area contributed by atoms with Crippen LogP contribution in [0.5, 0.6) is 0 Å². The molecule has 1 amide bonds. The maximum absolute atomic E-state index is 12.7. The highest BCUT2D eigenvalue weighted by Crippen LogP contribution is 2.21. The van der Waals surface area contributed by atoms with Gasteiger partial charge in [0.05, 0.1) is 0 Å². The smallest absolute Gasteiger partial charge is 0.347 e. The van der Waals surface area contributed by atoms with Crippen molar-refractivity contribution in [3.8, 4) is 0 Å². The molecule has 1 aliphatic rings. The van der Waals surface area contributed by atoms with E-state index in [1.807, 2.05) is 38.1 Å². The molecule has 150 valence electrons. The Bertz CT molecular complexity index is 923. The van der Waals surface area contributed by atoms with E-state index in [-0.39, 0.29) is 30.0 Å². The fraction of sp³-hybridized carbons (Fsp3) is 0.227. The number of hydrogen-bond donors (Lipinski definition) is 1. The highest BCUT2D eigenvalue weighted by Gasteiger charge is 2.33. The monoisotopic (exact) mass is 394 g/mol. The number of nitrogens with one attached hydrogen (secondary N) is 1. The number of amides is 1. The highest BCUT2D eigenvalue weighted by molar-refractivity contribution is 6.20. The predicted molar refractivity (Wildman–Crippen MR) is 108 cm³/mol. The SMILES string of the molecule is CC(C)N(C(=O)COC(=O)C1=C(Nc2ccccc2)OCC1=O)c1ccccc1. The molecular formula is C22H22N2O5. The molecule has 0 saturated carbocycles. The molecule has 0 aliphatic carbocycles. The van der Waals surface area contributed by atoms with E-state index >= 15 is 0 Å². The zero-order valence-electron chi connectivity index (χ0n) is 16.3. The number of para-hydroxylation sites is 2. The summed E-state index contributed by atoms with van der Waals surface area (Å²) in [7, 11) is 0. The molecule has 0 aromatic heterocycles. The fourth-order valence-electron chi connectivity index (χ4n) is 2.95. The lowest BCUT2D eigenvalue weighted by Gasteiger charge is -2.26. The van der Waals surface area contributed by atoms with E-state index in [9.17, 15) is 14.4 Å². The second-order valence-electron chi connectivity index (χ2n) is 6.68. The molecule has 3 rings (SSSR count). The Kier molecular flexibility index (Phi) is 6.29. The Morgan fingerprint density at radius 2 is 1.69 bits per heavy atom. The van der Waals surface area contributed by atoms with Gasteiger partial charge < -0.3 is 19.7 Å². The number of carbonyl (C=O) groups excluding carboxylic acids is 3. The van der Waals surface area contributed by atoms with Crippen molar-refractivity contribution in [3.05, 3.63) is 72.1 Å². The maximum Gasteiger partial charge on any atom is 0.347 e. The van der Waals surface area contributed by atoms with Crippen LogP contribution in [-0.2, 0) is 23.9 Å². The van der Waals surface area contributed by atoms with E-state index in [0.29, 0.717) is 11.4 Å². The molecule has 0 bridgehead atoms.